The first kappa shape index (κ1) is 21.7. The normalized spacial score (nSPS) is 15.6. The van der Waals surface area contributed by atoms with Crippen molar-refractivity contribution in [3.8, 4) is 28.3 Å². The molecule has 3 aromatic carbocycles. The number of hydrogen-bond donors (Lipinski definition) is 0. The maximum Gasteiger partial charge on any atom is 0.573 e. The summed E-state index contributed by atoms with van der Waals surface area (Å²) in [6.45, 7) is 0.498. The Morgan fingerprint density at radius 1 is 0.941 bits per heavy atom. The summed E-state index contributed by atoms with van der Waals surface area (Å²) in [4.78, 5) is 19.3. The molecule has 34 heavy (non-hydrogen) atoms. The van der Waals surface area contributed by atoms with Gasteiger partial charge in [-0.3, -0.25) is 4.79 Å². The molecule has 0 bridgehead atoms. The van der Waals surface area contributed by atoms with Crippen molar-refractivity contribution in [3.63, 3.8) is 0 Å². The van der Waals surface area contributed by atoms with Crippen LogP contribution in [0.15, 0.2) is 83.4 Å². The van der Waals surface area contributed by atoms with Gasteiger partial charge in [-0.1, -0.05) is 65.8 Å². The summed E-state index contributed by atoms with van der Waals surface area (Å²) in [5, 5.41) is 3.84. The fourth-order valence-electron chi connectivity index (χ4n) is 3.93. The Bertz CT molecular complexity index is 1320. The Labute approximate surface area is 192 Å². The zero-order chi connectivity index (χ0) is 23.7. The van der Waals surface area contributed by atoms with Gasteiger partial charge in [0, 0.05) is 12.1 Å². The maximum absolute atomic E-state index is 13.4. The molecule has 1 amide bonds. The van der Waals surface area contributed by atoms with Crippen LogP contribution in [-0.4, -0.2) is 33.9 Å². The molecule has 1 saturated heterocycles. The molecule has 1 aromatic heterocycles. The number of alkyl halides is 3. The predicted octanol–water partition coefficient (Wildman–Crippen LogP) is 5.89. The summed E-state index contributed by atoms with van der Waals surface area (Å²) in [7, 11) is 0. The fourth-order valence-corrected chi connectivity index (χ4v) is 3.93. The van der Waals surface area contributed by atoms with Gasteiger partial charge in [-0.25, -0.2) is 0 Å². The number of halogens is 3. The molecule has 0 N–H and O–H groups in total. The summed E-state index contributed by atoms with van der Waals surface area (Å²) in [6, 6.07) is 22.0. The highest BCUT2D eigenvalue weighted by Crippen LogP contribution is 2.38. The number of nitrogens with zero attached hydrogens (tertiary/aromatic N) is 3. The largest absolute Gasteiger partial charge is 0.573 e. The van der Waals surface area contributed by atoms with E-state index in [2.05, 4.69) is 14.9 Å². The van der Waals surface area contributed by atoms with Gasteiger partial charge in [0.25, 0.3) is 5.91 Å². The second-order valence-corrected chi connectivity index (χ2v) is 7.71. The van der Waals surface area contributed by atoms with Gasteiger partial charge in [-0.05, 0) is 35.7 Å². The van der Waals surface area contributed by atoms with E-state index in [1.165, 1.54) is 18.2 Å². The number of ether oxygens (including phenoxy) is 1. The number of likely N-dealkylation sites (tertiary alicyclic amines) is 1. The molecule has 0 radical (unpaired) electrons. The quantitative estimate of drug-likeness (QED) is 0.368. The minimum absolute atomic E-state index is 0.0427. The van der Waals surface area contributed by atoms with Gasteiger partial charge in [0.05, 0.1) is 5.56 Å². The molecule has 1 unspecified atom stereocenters. The Kier molecular flexibility index (Phi) is 5.53. The zero-order valence-electron chi connectivity index (χ0n) is 17.7. The lowest BCUT2D eigenvalue weighted by molar-refractivity contribution is -0.274. The first-order chi connectivity index (χ1) is 16.4. The number of benzene rings is 3. The van der Waals surface area contributed by atoms with E-state index in [4.69, 9.17) is 4.52 Å². The highest BCUT2D eigenvalue weighted by molar-refractivity contribution is 6.01. The van der Waals surface area contributed by atoms with Crippen LogP contribution in [0.3, 0.4) is 0 Å². The number of carbonyl (C=O) groups excluding carboxylic acids is 1. The summed E-state index contributed by atoms with van der Waals surface area (Å²) in [5.41, 5.74) is 2.32. The fraction of sp³-hybridized carbons (Fsp3) is 0.160. The minimum Gasteiger partial charge on any atom is -0.405 e. The Morgan fingerprint density at radius 2 is 1.62 bits per heavy atom. The Morgan fingerprint density at radius 3 is 2.32 bits per heavy atom. The monoisotopic (exact) mass is 465 g/mol. The third-order valence-electron chi connectivity index (χ3n) is 5.60. The van der Waals surface area contributed by atoms with E-state index < -0.39 is 18.2 Å². The Balaban J connectivity index is 1.40. The van der Waals surface area contributed by atoms with Crippen LogP contribution in [0.2, 0.25) is 0 Å². The van der Waals surface area contributed by atoms with E-state index in [1.54, 1.807) is 23.1 Å². The van der Waals surface area contributed by atoms with Crippen molar-refractivity contribution >= 4 is 5.91 Å². The lowest BCUT2D eigenvalue weighted by Gasteiger charge is -2.38. The molecular weight excluding hydrogens is 447 g/mol. The van der Waals surface area contributed by atoms with E-state index >= 15 is 0 Å². The number of aromatic nitrogens is 2. The molecule has 0 spiro atoms. The van der Waals surface area contributed by atoms with Crippen LogP contribution >= 0.6 is 0 Å². The van der Waals surface area contributed by atoms with E-state index in [0.717, 1.165) is 11.1 Å². The topological polar surface area (TPSA) is 68.5 Å². The number of rotatable bonds is 5. The second-order valence-electron chi connectivity index (χ2n) is 7.71. The van der Waals surface area contributed by atoms with Crippen molar-refractivity contribution < 1.29 is 27.2 Å². The van der Waals surface area contributed by atoms with Gasteiger partial charge >= 0.3 is 6.36 Å². The molecule has 1 aliphatic rings. The van der Waals surface area contributed by atoms with Crippen molar-refractivity contribution in [1.82, 2.24) is 15.0 Å². The van der Waals surface area contributed by atoms with Gasteiger partial charge < -0.3 is 14.2 Å². The standard InChI is InChI=1S/C25H18F3N3O3/c26-25(27,28)33-21-13-7-6-12-19(21)22-29-23(34-30-22)20-14-15-31(20)24(32)18-11-5-4-10-17(18)16-8-2-1-3-9-16/h1-13,20H,14-15H2. The molecule has 0 saturated carbocycles. The summed E-state index contributed by atoms with van der Waals surface area (Å²) >= 11 is 0. The van der Waals surface area contributed by atoms with Crippen LogP contribution in [0, 0.1) is 0 Å². The van der Waals surface area contributed by atoms with Crippen molar-refractivity contribution in [2.45, 2.75) is 18.8 Å². The van der Waals surface area contributed by atoms with Crippen LogP contribution in [0.5, 0.6) is 5.75 Å². The van der Waals surface area contributed by atoms with Gasteiger partial charge in [-0.15, -0.1) is 13.2 Å². The molecule has 1 fully saturated rings. The van der Waals surface area contributed by atoms with Gasteiger partial charge in [0.2, 0.25) is 11.7 Å². The Hall–Kier alpha value is -4.14. The van der Waals surface area contributed by atoms with E-state index in [-0.39, 0.29) is 23.2 Å². The van der Waals surface area contributed by atoms with Crippen LogP contribution < -0.4 is 4.74 Å². The first-order valence-corrected chi connectivity index (χ1v) is 10.5. The van der Waals surface area contributed by atoms with Gasteiger partial charge in [0.15, 0.2) is 0 Å². The number of amides is 1. The molecule has 9 heteroatoms. The highest BCUT2D eigenvalue weighted by Gasteiger charge is 2.39. The molecule has 2 heterocycles. The highest BCUT2D eigenvalue weighted by atomic mass is 19.4. The van der Waals surface area contributed by atoms with Gasteiger partial charge in [0.1, 0.15) is 11.8 Å². The van der Waals surface area contributed by atoms with Gasteiger partial charge in [-0.2, -0.15) is 4.98 Å². The smallest absolute Gasteiger partial charge is 0.405 e. The van der Waals surface area contributed by atoms with E-state index in [0.29, 0.717) is 18.5 Å². The third kappa shape index (κ3) is 4.24. The van der Waals surface area contributed by atoms with Crippen molar-refractivity contribution in [2.75, 3.05) is 6.54 Å². The van der Waals surface area contributed by atoms with Crippen LogP contribution in [0.1, 0.15) is 28.7 Å². The number of hydrogen-bond acceptors (Lipinski definition) is 5. The van der Waals surface area contributed by atoms with Crippen LogP contribution in [0.25, 0.3) is 22.5 Å². The average molecular weight is 465 g/mol. The van der Waals surface area contributed by atoms with Crippen LogP contribution in [-0.2, 0) is 0 Å². The predicted molar refractivity (Wildman–Crippen MR) is 117 cm³/mol. The number of carbonyl (C=O) groups is 1. The molecular formula is C25H18F3N3O3. The molecule has 6 nitrogen and oxygen atoms in total. The first-order valence-electron chi connectivity index (χ1n) is 10.5. The summed E-state index contributed by atoms with van der Waals surface area (Å²) in [5.74, 6) is -0.496. The van der Waals surface area contributed by atoms with E-state index in [1.807, 2.05) is 42.5 Å². The second kappa shape index (κ2) is 8.66. The SMILES string of the molecule is O=C(c1ccccc1-c1ccccc1)N1CCC1c1nc(-c2ccccc2OC(F)(F)F)no1. The third-order valence-corrected chi connectivity index (χ3v) is 5.60. The summed E-state index contributed by atoms with van der Waals surface area (Å²) < 4.78 is 47.7. The number of para-hydroxylation sites is 1. The lowest BCUT2D eigenvalue weighted by atomic mass is 9.95. The lowest BCUT2D eigenvalue weighted by Crippen LogP contribution is -2.45. The van der Waals surface area contributed by atoms with Crippen molar-refractivity contribution in [3.05, 3.63) is 90.3 Å². The molecule has 5 rings (SSSR count). The zero-order valence-corrected chi connectivity index (χ0v) is 17.7. The average Bonchev–Trinajstić information content (AvgIpc) is 3.27. The maximum atomic E-state index is 13.4. The van der Waals surface area contributed by atoms with E-state index in [9.17, 15) is 18.0 Å². The molecule has 0 aliphatic carbocycles. The van der Waals surface area contributed by atoms with Crippen molar-refractivity contribution in [1.29, 1.82) is 0 Å². The van der Waals surface area contributed by atoms with Crippen molar-refractivity contribution in [2.24, 2.45) is 0 Å². The molecule has 172 valence electrons. The molecule has 1 aliphatic heterocycles. The molecule has 1 atom stereocenters. The molecule has 4 aromatic rings. The summed E-state index contributed by atoms with van der Waals surface area (Å²) in [6.07, 6.45) is -4.26. The van der Waals surface area contributed by atoms with Crippen LogP contribution in [0.4, 0.5) is 13.2 Å². The minimum atomic E-state index is -4.86.